The highest BCUT2D eigenvalue weighted by molar-refractivity contribution is 5.42. The average molecular weight is 245 g/mol. The molecule has 18 heavy (non-hydrogen) atoms. The standard InChI is InChI=1S/C15H16FNO/c1-12(11-17-14-7-3-2-4-8-14)18-15-9-5-6-13(16)10-15/h2-10,12,17H,11H2,1H3. The van der Waals surface area contributed by atoms with E-state index in [1.165, 1.54) is 12.1 Å². The van der Waals surface area contributed by atoms with Crippen LogP contribution < -0.4 is 10.1 Å². The Morgan fingerprint density at radius 1 is 1.11 bits per heavy atom. The first-order valence-electron chi connectivity index (χ1n) is 5.95. The van der Waals surface area contributed by atoms with Crippen LogP contribution in [-0.4, -0.2) is 12.6 Å². The Hall–Kier alpha value is -2.03. The summed E-state index contributed by atoms with van der Waals surface area (Å²) in [5.41, 5.74) is 1.05. The lowest BCUT2D eigenvalue weighted by atomic mass is 10.3. The van der Waals surface area contributed by atoms with Crippen LogP contribution >= 0.6 is 0 Å². The first kappa shape index (κ1) is 12.4. The van der Waals surface area contributed by atoms with Gasteiger partial charge in [0.2, 0.25) is 0 Å². The zero-order valence-electron chi connectivity index (χ0n) is 10.3. The van der Waals surface area contributed by atoms with Crippen LogP contribution in [0.5, 0.6) is 5.75 Å². The van der Waals surface area contributed by atoms with E-state index < -0.39 is 0 Å². The molecule has 0 heterocycles. The molecule has 0 aliphatic rings. The molecule has 2 aromatic carbocycles. The first-order valence-corrected chi connectivity index (χ1v) is 5.95. The number of hydrogen-bond donors (Lipinski definition) is 1. The Morgan fingerprint density at radius 3 is 2.61 bits per heavy atom. The van der Waals surface area contributed by atoms with Crippen molar-refractivity contribution in [2.75, 3.05) is 11.9 Å². The second-order valence-electron chi connectivity index (χ2n) is 4.13. The van der Waals surface area contributed by atoms with Gasteiger partial charge in [0.15, 0.2) is 0 Å². The smallest absolute Gasteiger partial charge is 0.126 e. The molecule has 2 aromatic rings. The molecule has 1 unspecified atom stereocenters. The van der Waals surface area contributed by atoms with Crippen LogP contribution in [0.15, 0.2) is 54.6 Å². The van der Waals surface area contributed by atoms with Gasteiger partial charge in [-0.3, -0.25) is 0 Å². The zero-order valence-corrected chi connectivity index (χ0v) is 10.3. The topological polar surface area (TPSA) is 21.3 Å². The van der Waals surface area contributed by atoms with E-state index in [-0.39, 0.29) is 11.9 Å². The molecule has 0 saturated carbocycles. The molecule has 0 aliphatic heterocycles. The van der Waals surface area contributed by atoms with Crippen LogP contribution in [0, 0.1) is 5.82 Å². The van der Waals surface area contributed by atoms with E-state index in [0.717, 1.165) is 5.69 Å². The Labute approximate surface area is 106 Å². The van der Waals surface area contributed by atoms with Gasteiger partial charge in [-0.25, -0.2) is 4.39 Å². The van der Waals surface area contributed by atoms with E-state index in [4.69, 9.17) is 4.74 Å². The lowest BCUT2D eigenvalue weighted by Crippen LogP contribution is -2.22. The monoisotopic (exact) mass is 245 g/mol. The van der Waals surface area contributed by atoms with Gasteiger partial charge in [-0.15, -0.1) is 0 Å². The average Bonchev–Trinajstić information content (AvgIpc) is 2.38. The number of hydrogen-bond acceptors (Lipinski definition) is 2. The van der Waals surface area contributed by atoms with Crippen molar-refractivity contribution in [3.63, 3.8) is 0 Å². The molecule has 3 heteroatoms. The maximum Gasteiger partial charge on any atom is 0.126 e. The van der Waals surface area contributed by atoms with E-state index in [0.29, 0.717) is 12.3 Å². The molecule has 1 N–H and O–H groups in total. The van der Waals surface area contributed by atoms with Crippen molar-refractivity contribution in [3.8, 4) is 5.75 Å². The van der Waals surface area contributed by atoms with Crippen molar-refractivity contribution in [2.45, 2.75) is 13.0 Å². The number of ether oxygens (including phenoxy) is 1. The molecular weight excluding hydrogens is 229 g/mol. The summed E-state index contributed by atoms with van der Waals surface area (Å²) in [5, 5.41) is 3.26. The normalized spacial score (nSPS) is 11.9. The van der Waals surface area contributed by atoms with Crippen LogP contribution in [0.25, 0.3) is 0 Å². The Morgan fingerprint density at radius 2 is 1.89 bits per heavy atom. The molecule has 1 atom stereocenters. The first-order chi connectivity index (χ1) is 8.74. The number of anilines is 1. The van der Waals surface area contributed by atoms with Crippen LogP contribution in [0.1, 0.15) is 6.92 Å². The van der Waals surface area contributed by atoms with Gasteiger partial charge in [0, 0.05) is 11.8 Å². The van der Waals surface area contributed by atoms with E-state index in [1.54, 1.807) is 12.1 Å². The lowest BCUT2D eigenvalue weighted by Gasteiger charge is -2.16. The van der Waals surface area contributed by atoms with Crippen LogP contribution in [0.4, 0.5) is 10.1 Å². The molecule has 0 aliphatic carbocycles. The molecular formula is C15H16FNO. The Bertz CT molecular complexity index is 487. The van der Waals surface area contributed by atoms with E-state index in [9.17, 15) is 4.39 Å². The van der Waals surface area contributed by atoms with Crippen molar-refractivity contribution < 1.29 is 9.13 Å². The summed E-state index contributed by atoms with van der Waals surface area (Å²) in [6, 6.07) is 16.1. The van der Waals surface area contributed by atoms with Crippen LogP contribution in [0.3, 0.4) is 0 Å². The number of para-hydroxylation sites is 1. The third kappa shape index (κ3) is 3.77. The molecule has 0 radical (unpaired) electrons. The number of benzene rings is 2. The quantitative estimate of drug-likeness (QED) is 0.867. The lowest BCUT2D eigenvalue weighted by molar-refractivity contribution is 0.234. The van der Waals surface area contributed by atoms with Gasteiger partial charge < -0.3 is 10.1 Å². The summed E-state index contributed by atoms with van der Waals surface area (Å²) in [5.74, 6) is 0.271. The number of rotatable bonds is 5. The van der Waals surface area contributed by atoms with Gasteiger partial charge >= 0.3 is 0 Å². The summed E-state index contributed by atoms with van der Waals surface area (Å²) in [6.07, 6.45) is -0.0352. The molecule has 94 valence electrons. The SMILES string of the molecule is CC(CNc1ccccc1)Oc1cccc(F)c1. The number of nitrogens with one attached hydrogen (secondary N) is 1. The summed E-state index contributed by atoms with van der Waals surface area (Å²) in [7, 11) is 0. The zero-order chi connectivity index (χ0) is 12.8. The highest BCUT2D eigenvalue weighted by Gasteiger charge is 2.04. The molecule has 0 fully saturated rings. The minimum atomic E-state index is -0.282. The fourth-order valence-electron chi connectivity index (χ4n) is 1.63. The largest absolute Gasteiger partial charge is 0.489 e. The van der Waals surface area contributed by atoms with Crippen LogP contribution in [-0.2, 0) is 0 Å². The predicted molar refractivity (Wildman–Crippen MR) is 71.4 cm³/mol. The van der Waals surface area contributed by atoms with Gasteiger partial charge in [-0.05, 0) is 31.2 Å². The Balaban J connectivity index is 1.84. The minimum absolute atomic E-state index is 0.0352. The summed E-state index contributed by atoms with van der Waals surface area (Å²) in [6.45, 7) is 2.61. The van der Waals surface area contributed by atoms with Crippen molar-refractivity contribution in [1.82, 2.24) is 0 Å². The number of halogens is 1. The second-order valence-corrected chi connectivity index (χ2v) is 4.13. The highest BCUT2D eigenvalue weighted by atomic mass is 19.1. The molecule has 0 amide bonds. The van der Waals surface area contributed by atoms with Gasteiger partial charge in [-0.1, -0.05) is 24.3 Å². The van der Waals surface area contributed by atoms with Crippen molar-refractivity contribution >= 4 is 5.69 Å². The van der Waals surface area contributed by atoms with E-state index in [1.807, 2.05) is 37.3 Å². The molecule has 0 bridgehead atoms. The molecule has 2 rings (SSSR count). The molecule has 0 saturated heterocycles. The third-order valence-corrected chi connectivity index (χ3v) is 2.50. The van der Waals surface area contributed by atoms with Gasteiger partial charge in [0.1, 0.15) is 17.7 Å². The Kier molecular flexibility index (Phi) is 4.18. The van der Waals surface area contributed by atoms with Gasteiger partial charge in [0.05, 0.1) is 6.54 Å². The maximum absolute atomic E-state index is 13.0. The van der Waals surface area contributed by atoms with Gasteiger partial charge in [-0.2, -0.15) is 0 Å². The summed E-state index contributed by atoms with van der Waals surface area (Å²) < 4.78 is 18.6. The van der Waals surface area contributed by atoms with Gasteiger partial charge in [0.25, 0.3) is 0 Å². The van der Waals surface area contributed by atoms with Crippen LogP contribution in [0.2, 0.25) is 0 Å². The highest BCUT2D eigenvalue weighted by Crippen LogP contribution is 2.14. The van der Waals surface area contributed by atoms with E-state index in [2.05, 4.69) is 5.32 Å². The maximum atomic E-state index is 13.0. The fraction of sp³-hybridized carbons (Fsp3) is 0.200. The minimum Gasteiger partial charge on any atom is -0.489 e. The summed E-state index contributed by atoms with van der Waals surface area (Å²) >= 11 is 0. The molecule has 2 nitrogen and oxygen atoms in total. The third-order valence-electron chi connectivity index (χ3n) is 2.50. The predicted octanol–water partition coefficient (Wildman–Crippen LogP) is 3.71. The van der Waals surface area contributed by atoms with E-state index >= 15 is 0 Å². The molecule has 0 aromatic heterocycles. The summed E-state index contributed by atoms with van der Waals surface area (Å²) in [4.78, 5) is 0. The van der Waals surface area contributed by atoms with Crippen molar-refractivity contribution in [1.29, 1.82) is 0 Å². The second kappa shape index (κ2) is 6.05. The molecule has 0 spiro atoms. The van der Waals surface area contributed by atoms with Crippen molar-refractivity contribution in [3.05, 3.63) is 60.4 Å². The fourth-order valence-corrected chi connectivity index (χ4v) is 1.63. The van der Waals surface area contributed by atoms with Crippen molar-refractivity contribution in [2.24, 2.45) is 0 Å².